The number of rotatable bonds is 7. The van der Waals surface area contributed by atoms with Crippen molar-refractivity contribution < 1.29 is 9.21 Å². The quantitative estimate of drug-likeness (QED) is 0.456. The van der Waals surface area contributed by atoms with Gasteiger partial charge in [0.25, 0.3) is 0 Å². The Morgan fingerprint density at radius 3 is 2.57 bits per heavy atom. The van der Waals surface area contributed by atoms with Crippen molar-refractivity contribution >= 4 is 23.3 Å². The van der Waals surface area contributed by atoms with E-state index in [4.69, 9.17) is 16.0 Å². The Morgan fingerprint density at radius 1 is 1.10 bits per heavy atom. The van der Waals surface area contributed by atoms with Gasteiger partial charge in [0, 0.05) is 23.7 Å². The van der Waals surface area contributed by atoms with E-state index in [1.54, 1.807) is 18.0 Å². The number of hydrogen-bond donors (Lipinski definition) is 2. The van der Waals surface area contributed by atoms with Crippen LogP contribution in [0.25, 0.3) is 11.3 Å². The van der Waals surface area contributed by atoms with E-state index in [1.807, 2.05) is 72.8 Å². The number of nitrogens with zero attached hydrogens (tertiary/aromatic N) is 2. The van der Waals surface area contributed by atoms with Gasteiger partial charge in [0.1, 0.15) is 11.6 Å². The average molecular weight is 421 g/mol. The van der Waals surface area contributed by atoms with Crippen molar-refractivity contribution in [1.29, 1.82) is 0 Å². The topological polar surface area (TPSA) is 72.1 Å². The maximum atomic E-state index is 12.6. The zero-order valence-electron chi connectivity index (χ0n) is 16.4. The SMILES string of the molecule is Cn1nc(-c2ccc(Cl)cc2)cc1NC(=O)CN[C@@H](c1ccccc1)c1ccco1. The van der Waals surface area contributed by atoms with Gasteiger partial charge >= 0.3 is 0 Å². The first-order valence-corrected chi connectivity index (χ1v) is 9.89. The van der Waals surface area contributed by atoms with Crippen molar-refractivity contribution in [2.24, 2.45) is 7.05 Å². The third-order valence-electron chi connectivity index (χ3n) is 4.71. The van der Waals surface area contributed by atoms with E-state index in [0.717, 1.165) is 22.6 Å². The first-order chi connectivity index (χ1) is 14.6. The summed E-state index contributed by atoms with van der Waals surface area (Å²) in [5.74, 6) is 1.19. The summed E-state index contributed by atoms with van der Waals surface area (Å²) in [7, 11) is 1.79. The standard InChI is InChI=1S/C23H21ClN4O2/c1-28-21(14-19(27-28)16-9-11-18(24)12-10-16)26-22(29)15-25-23(20-8-5-13-30-20)17-6-3-2-4-7-17/h2-14,23,25H,15H2,1H3,(H,26,29)/t23-/m0/s1. The number of amides is 1. The molecule has 0 aliphatic heterocycles. The van der Waals surface area contributed by atoms with E-state index in [9.17, 15) is 4.79 Å². The molecule has 4 rings (SSSR count). The van der Waals surface area contributed by atoms with Gasteiger partial charge in [0.05, 0.1) is 24.5 Å². The first kappa shape index (κ1) is 19.9. The number of aromatic nitrogens is 2. The van der Waals surface area contributed by atoms with Gasteiger partial charge in [-0.2, -0.15) is 5.10 Å². The van der Waals surface area contributed by atoms with Crippen molar-refractivity contribution in [2.75, 3.05) is 11.9 Å². The molecule has 0 fully saturated rings. The van der Waals surface area contributed by atoms with Crippen LogP contribution >= 0.6 is 11.6 Å². The fourth-order valence-corrected chi connectivity index (χ4v) is 3.34. The number of anilines is 1. The highest BCUT2D eigenvalue weighted by atomic mass is 35.5. The summed E-state index contributed by atoms with van der Waals surface area (Å²) in [6, 6.07) is 22.6. The van der Waals surface area contributed by atoms with E-state index in [1.165, 1.54) is 0 Å². The van der Waals surface area contributed by atoms with Gasteiger partial charge in [-0.3, -0.25) is 14.8 Å². The minimum Gasteiger partial charge on any atom is -0.467 e. The third kappa shape index (κ3) is 4.62. The lowest BCUT2D eigenvalue weighted by Gasteiger charge is -2.17. The fourth-order valence-electron chi connectivity index (χ4n) is 3.21. The lowest BCUT2D eigenvalue weighted by atomic mass is 10.0. The van der Waals surface area contributed by atoms with Gasteiger partial charge in [-0.1, -0.05) is 54.1 Å². The molecule has 0 unspecified atom stereocenters. The van der Waals surface area contributed by atoms with Crippen LogP contribution in [0.5, 0.6) is 0 Å². The third-order valence-corrected chi connectivity index (χ3v) is 4.97. The Labute approximate surface area is 179 Å². The molecule has 6 nitrogen and oxygen atoms in total. The summed E-state index contributed by atoms with van der Waals surface area (Å²) in [4.78, 5) is 12.6. The molecule has 2 heterocycles. The van der Waals surface area contributed by atoms with Gasteiger partial charge < -0.3 is 9.73 Å². The Kier molecular flexibility index (Phi) is 5.97. The number of furan rings is 1. The zero-order chi connectivity index (χ0) is 20.9. The van der Waals surface area contributed by atoms with E-state index in [0.29, 0.717) is 10.8 Å². The van der Waals surface area contributed by atoms with Crippen LogP contribution in [0.2, 0.25) is 5.02 Å². The molecule has 0 saturated heterocycles. The van der Waals surface area contributed by atoms with Crippen molar-refractivity contribution in [1.82, 2.24) is 15.1 Å². The van der Waals surface area contributed by atoms with Crippen LogP contribution in [-0.2, 0) is 11.8 Å². The normalized spacial score (nSPS) is 11.9. The highest BCUT2D eigenvalue weighted by Gasteiger charge is 2.18. The van der Waals surface area contributed by atoms with E-state index in [2.05, 4.69) is 15.7 Å². The zero-order valence-corrected chi connectivity index (χ0v) is 17.1. The molecule has 0 aliphatic rings. The second kappa shape index (κ2) is 8.98. The predicted molar refractivity (Wildman–Crippen MR) is 117 cm³/mol. The summed E-state index contributed by atoms with van der Waals surface area (Å²) >= 11 is 5.95. The maximum absolute atomic E-state index is 12.6. The second-order valence-electron chi connectivity index (χ2n) is 6.83. The first-order valence-electron chi connectivity index (χ1n) is 9.52. The summed E-state index contributed by atoms with van der Waals surface area (Å²) in [5.41, 5.74) is 2.71. The van der Waals surface area contributed by atoms with Gasteiger partial charge in [0.2, 0.25) is 5.91 Å². The molecule has 1 atom stereocenters. The largest absolute Gasteiger partial charge is 0.467 e. The number of aryl methyl sites for hydroxylation is 1. The molecule has 2 N–H and O–H groups in total. The minimum absolute atomic E-state index is 0.113. The Balaban J connectivity index is 1.43. The highest BCUT2D eigenvalue weighted by Crippen LogP contribution is 2.24. The monoisotopic (exact) mass is 420 g/mol. The number of hydrogen-bond acceptors (Lipinski definition) is 4. The lowest BCUT2D eigenvalue weighted by molar-refractivity contribution is -0.115. The Morgan fingerprint density at radius 2 is 1.87 bits per heavy atom. The van der Waals surface area contributed by atoms with E-state index in [-0.39, 0.29) is 18.5 Å². The number of nitrogens with one attached hydrogen (secondary N) is 2. The molecule has 152 valence electrons. The molecule has 0 aliphatic carbocycles. The predicted octanol–water partition coefficient (Wildman–Crippen LogP) is 4.65. The molecule has 0 radical (unpaired) electrons. The lowest BCUT2D eigenvalue weighted by Crippen LogP contribution is -2.32. The second-order valence-corrected chi connectivity index (χ2v) is 7.27. The van der Waals surface area contributed by atoms with Gasteiger partial charge in [-0.05, 0) is 29.8 Å². The van der Waals surface area contributed by atoms with E-state index < -0.39 is 0 Å². The molecular formula is C23H21ClN4O2. The molecule has 2 aromatic carbocycles. The van der Waals surface area contributed by atoms with Crippen molar-refractivity contribution in [3.05, 3.63) is 95.4 Å². The molecule has 30 heavy (non-hydrogen) atoms. The van der Waals surface area contributed by atoms with Crippen LogP contribution in [0.4, 0.5) is 5.82 Å². The summed E-state index contributed by atoms with van der Waals surface area (Å²) in [6.07, 6.45) is 1.63. The van der Waals surface area contributed by atoms with Crippen LogP contribution in [0, 0.1) is 0 Å². The van der Waals surface area contributed by atoms with Gasteiger partial charge in [0.15, 0.2) is 0 Å². The number of halogens is 1. The van der Waals surface area contributed by atoms with Crippen LogP contribution in [0.15, 0.2) is 83.5 Å². The van der Waals surface area contributed by atoms with Crippen LogP contribution in [0.1, 0.15) is 17.4 Å². The number of carbonyl (C=O) groups excluding carboxylic acids is 1. The van der Waals surface area contributed by atoms with Gasteiger partial charge in [-0.15, -0.1) is 0 Å². The molecule has 1 amide bonds. The summed E-state index contributed by atoms with van der Waals surface area (Å²) < 4.78 is 7.20. The molecule has 0 bridgehead atoms. The van der Waals surface area contributed by atoms with E-state index >= 15 is 0 Å². The molecule has 0 saturated carbocycles. The average Bonchev–Trinajstić information content (AvgIpc) is 3.40. The van der Waals surface area contributed by atoms with Crippen molar-refractivity contribution in [3.63, 3.8) is 0 Å². The van der Waals surface area contributed by atoms with Crippen LogP contribution in [-0.4, -0.2) is 22.2 Å². The van der Waals surface area contributed by atoms with Crippen LogP contribution in [0.3, 0.4) is 0 Å². The van der Waals surface area contributed by atoms with Crippen molar-refractivity contribution in [2.45, 2.75) is 6.04 Å². The Hall–Kier alpha value is -3.35. The summed E-state index contributed by atoms with van der Waals surface area (Å²) in [6.45, 7) is 0.113. The Bertz CT molecular complexity index is 1110. The maximum Gasteiger partial charge on any atom is 0.239 e. The smallest absolute Gasteiger partial charge is 0.239 e. The minimum atomic E-state index is -0.219. The fraction of sp³-hybridized carbons (Fsp3) is 0.130. The molecule has 0 spiro atoms. The summed E-state index contributed by atoms with van der Waals surface area (Å²) in [5, 5.41) is 11.3. The van der Waals surface area contributed by atoms with Crippen molar-refractivity contribution in [3.8, 4) is 11.3 Å². The van der Waals surface area contributed by atoms with Crippen LogP contribution < -0.4 is 10.6 Å². The number of benzene rings is 2. The molecule has 4 aromatic rings. The molecule has 2 aromatic heterocycles. The number of carbonyl (C=O) groups is 1. The molecular weight excluding hydrogens is 400 g/mol. The highest BCUT2D eigenvalue weighted by molar-refractivity contribution is 6.30. The van der Waals surface area contributed by atoms with Gasteiger partial charge in [-0.25, -0.2) is 0 Å². The molecule has 7 heteroatoms.